The number of hydrogen-bond acceptors (Lipinski definition) is 2. The fraction of sp³-hybridized carbons (Fsp3) is 0.571. The molecule has 3 rings (SSSR count). The predicted molar refractivity (Wildman–Crippen MR) is 65.0 cm³/mol. The van der Waals surface area contributed by atoms with Crippen LogP contribution in [-0.4, -0.2) is 18.7 Å². The average molecular weight is 217 g/mol. The highest BCUT2D eigenvalue weighted by atomic mass is 16.5. The Balaban J connectivity index is 1.88. The van der Waals surface area contributed by atoms with Crippen molar-refractivity contribution in [3.05, 3.63) is 29.3 Å². The minimum atomic E-state index is 0.0204. The van der Waals surface area contributed by atoms with Crippen LogP contribution in [0.4, 0.5) is 0 Å². The molecule has 86 valence electrons. The zero-order valence-corrected chi connectivity index (χ0v) is 9.88. The van der Waals surface area contributed by atoms with Crippen LogP contribution < -0.4 is 10.1 Å². The van der Waals surface area contributed by atoms with E-state index in [1.807, 2.05) is 0 Å². The van der Waals surface area contributed by atoms with Gasteiger partial charge in [0.1, 0.15) is 11.4 Å². The fourth-order valence-corrected chi connectivity index (χ4v) is 2.66. The molecule has 1 heterocycles. The second-order valence-corrected chi connectivity index (χ2v) is 5.26. The van der Waals surface area contributed by atoms with Gasteiger partial charge in [-0.2, -0.15) is 0 Å². The molecule has 1 aliphatic carbocycles. The molecule has 1 aromatic carbocycles. The van der Waals surface area contributed by atoms with E-state index in [1.54, 1.807) is 0 Å². The molecule has 2 nitrogen and oxygen atoms in total. The van der Waals surface area contributed by atoms with E-state index in [0.717, 1.165) is 18.8 Å². The number of ether oxygens (including phenoxy) is 1. The van der Waals surface area contributed by atoms with Crippen LogP contribution in [0.2, 0.25) is 0 Å². The maximum absolute atomic E-state index is 6.17. The minimum Gasteiger partial charge on any atom is -0.485 e. The van der Waals surface area contributed by atoms with Gasteiger partial charge in [0, 0.05) is 13.1 Å². The Morgan fingerprint density at radius 1 is 1.19 bits per heavy atom. The van der Waals surface area contributed by atoms with Crippen LogP contribution in [0.15, 0.2) is 18.2 Å². The highest BCUT2D eigenvalue weighted by molar-refractivity contribution is 5.42. The molecule has 1 saturated heterocycles. The largest absolute Gasteiger partial charge is 0.485 e. The van der Waals surface area contributed by atoms with Crippen molar-refractivity contribution in [3.8, 4) is 5.75 Å². The Bertz CT molecular complexity index is 396. The van der Waals surface area contributed by atoms with Gasteiger partial charge in [0.2, 0.25) is 0 Å². The molecule has 1 aromatic rings. The fourth-order valence-electron chi connectivity index (χ4n) is 2.66. The summed E-state index contributed by atoms with van der Waals surface area (Å²) in [5.41, 5.74) is 2.98. The molecule has 0 unspecified atom stereocenters. The number of hydrogen-bond donors (Lipinski definition) is 1. The molecule has 1 aliphatic heterocycles. The van der Waals surface area contributed by atoms with Crippen LogP contribution in [0.25, 0.3) is 0 Å². The summed E-state index contributed by atoms with van der Waals surface area (Å²) in [6.45, 7) is 4.12. The van der Waals surface area contributed by atoms with Gasteiger partial charge in [-0.3, -0.25) is 0 Å². The van der Waals surface area contributed by atoms with Crippen molar-refractivity contribution < 1.29 is 4.74 Å². The maximum Gasteiger partial charge on any atom is 0.131 e. The lowest BCUT2D eigenvalue weighted by molar-refractivity contribution is 0.0337. The van der Waals surface area contributed by atoms with Gasteiger partial charge < -0.3 is 10.1 Å². The topological polar surface area (TPSA) is 21.3 Å². The van der Waals surface area contributed by atoms with Gasteiger partial charge in [-0.1, -0.05) is 12.1 Å². The molecular weight excluding hydrogens is 198 g/mol. The second kappa shape index (κ2) is 3.77. The zero-order valence-electron chi connectivity index (χ0n) is 9.88. The molecule has 1 fully saturated rings. The van der Waals surface area contributed by atoms with Crippen LogP contribution in [0, 0.1) is 0 Å². The molecule has 0 bridgehead atoms. The van der Waals surface area contributed by atoms with Crippen LogP contribution >= 0.6 is 0 Å². The summed E-state index contributed by atoms with van der Waals surface area (Å²) in [5, 5.41) is 3.28. The highest BCUT2D eigenvalue weighted by Gasteiger charge is 2.34. The van der Waals surface area contributed by atoms with Crippen molar-refractivity contribution in [3.63, 3.8) is 0 Å². The van der Waals surface area contributed by atoms with Gasteiger partial charge in [-0.05, 0) is 49.8 Å². The number of fused-ring (bicyclic) bond motifs is 1. The van der Waals surface area contributed by atoms with Crippen molar-refractivity contribution in [1.29, 1.82) is 0 Å². The van der Waals surface area contributed by atoms with Gasteiger partial charge in [0.25, 0.3) is 0 Å². The van der Waals surface area contributed by atoms with E-state index in [2.05, 4.69) is 30.4 Å². The molecule has 0 radical (unpaired) electrons. The summed E-state index contributed by atoms with van der Waals surface area (Å²) < 4.78 is 6.17. The van der Waals surface area contributed by atoms with Crippen molar-refractivity contribution in [2.24, 2.45) is 0 Å². The molecule has 0 aromatic heterocycles. The third-order valence-corrected chi connectivity index (χ3v) is 3.71. The number of aryl methyl sites for hydroxylation is 1. The third kappa shape index (κ3) is 1.71. The Hall–Kier alpha value is -1.02. The number of rotatable bonds is 2. The van der Waals surface area contributed by atoms with E-state index in [-0.39, 0.29) is 5.60 Å². The second-order valence-electron chi connectivity index (χ2n) is 5.26. The van der Waals surface area contributed by atoms with Gasteiger partial charge in [0.15, 0.2) is 0 Å². The van der Waals surface area contributed by atoms with Crippen LogP contribution in [-0.2, 0) is 12.8 Å². The molecule has 0 atom stereocenters. The SMILES string of the molecule is CC1(Oc2cccc3c2CCCC3)CNC1. The smallest absolute Gasteiger partial charge is 0.131 e. The normalized spacial score (nSPS) is 22.1. The summed E-state index contributed by atoms with van der Waals surface area (Å²) in [4.78, 5) is 0. The quantitative estimate of drug-likeness (QED) is 0.820. The average Bonchev–Trinajstić information content (AvgIpc) is 2.27. The number of benzene rings is 1. The lowest BCUT2D eigenvalue weighted by Crippen LogP contribution is -2.61. The summed E-state index contributed by atoms with van der Waals surface area (Å²) in [7, 11) is 0. The highest BCUT2D eigenvalue weighted by Crippen LogP contribution is 2.32. The van der Waals surface area contributed by atoms with Crippen LogP contribution in [0.5, 0.6) is 5.75 Å². The lowest BCUT2D eigenvalue weighted by Gasteiger charge is -2.40. The predicted octanol–water partition coefficient (Wildman–Crippen LogP) is 2.31. The first kappa shape index (κ1) is 10.2. The molecule has 2 aliphatic rings. The van der Waals surface area contributed by atoms with Crippen molar-refractivity contribution in [1.82, 2.24) is 5.32 Å². The van der Waals surface area contributed by atoms with Crippen LogP contribution in [0.3, 0.4) is 0 Å². The molecule has 0 saturated carbocycles. The number of nitrogens with one attached hydrogen (secondary N) is 1. The Kier molecular flexibility index (Phi) is 2.40. The van der Waals surface area contributed by atoms with Crippen LogP contribution in [0.1, 0.15) is 30.9 Å². The lowest BCUT2D eigenvalue weighted by atomic mass is 9.90. The first-order valence-corrected chi connectivity index (χ1v) is 6.27. The summed E-state index contributed by atoms with van der Waals surface area (Å²) in [6.07, 6.45) is 5.05. The first-order chi connectivity index (χ1) is 7.77. The van der Waals surface area contributed by atoms with Crippen molar-refractivity contribution in [2.45, 2.75) is 38.2 Å². The van der Waals surface area contributed by atoms with E-state index < -0.39 is 0 Å². The summed E-state index contributed by atoms with van der Waals surface area (Å²) >= 11 is 0. The Labute approximate surface area is 97.0 Å². The van der Waals surface area contributed by atoms with E-state index in [1.165, 1.54) is 36.8 Å². The standard InChI is InChI=1S/C14H19NO/c1-14(9-15-10-14)16-13-8-4-6-11-5-2-3-7-12(11)13/h4,6,8,15H,2-3,5,7,9-10H2,1H3. The Morgan fingerprint density at radius 2 is 2.00 bits per heavy atom. The molecule has 16 heavy (non-hydrogen) atoms. The maximum atomic E-state index is 6.17. The minimum absolute atomic E-state index is 0.0204. The molecule has 1 N–H and O–H groups in total. The van der Waals surface area contributed by atoms with E-state index >= 15 is 0 Å². The monoisotopic (exact) mass is 217 g/mol. The van der Waals surface area contributed by atoms with Gasteiger partial charge >= 0.3 is 0 Å². The van der Waals surface area contributed by atoms with E-state index in [0.29, 0.717) is 0 Å². The molecular formula is C14H19NO. The molecule has 0 spiro atoms. The van der Waals surface area contributed by atoms with Gasteiger partial charge in [-0.25, -0.2) is 0 Å². The van der Waals surface area contributed by atoms with Gasteiger partial charge in [-0.15, -0.1) is 0 Å². The summed E-state index contributed by atoms with van der Waals surface area (Å²) in [6, 6.07) is 6.52. The van der Waals surface area contributed by atoms with Crippen molar-refractivity contribution >= 4 is 0 Å². The van der Waals surface area contributed by atoms with Gasteiger partial charge in [0.05, 0.1) is 0 Å². The first-order valence-electron chi connectivity index (χ1n) is 6.27. The molecule has 0 amide bonds. The van der Waals surface area contributed by atoms with E-state index in [4.69, 9.17) is 4.74 Å². The summed E-state index contributed by atoms with van der Waals surface area (Å²) in [5.74, 6) is 1.13. The third-order valence-electron chi connectivity index (χ3n) is 3.71. The molecule has 2 heteroatoms. The van der Waals surface area contributed by atoms with E-state index in [9.17, 15) is 0 Å². The van der Waals surface area contributed by atoms with Crippen molar-refractivity contribution in [2.75, 3.05) is 13.1 Å². The zero-order chi connectivity index (χ0) is 11.0. The Morgan fingerprint density at radius 3 is 2.75 bits per heavy atom.